The number of aliphatic hydroxyl groups excluding tert-OH is 1. The molecular formula is C14H19N3O. The molecule has 1 aromatic carbocycles. The Balaban J connectivity index is 2.28. The van der Waals surface area contributed by atoms with E-state index in [1.165, 1.54) is 5.56 Å². The maximum absolute atomic E-state index is 8.91. The van der Waals surface area contributed by atoms with Crippen LogP contribution in [-0.2, 0) is 6.54 Å². The largest absolute Gasteiger partial charge is 0.394 e. The minimum absolute atomic E-state index is 0.0393. The lowest BCUT2D eigenvalue weighted by atomic mass is 10.0. The molecule has 0 saturated heterocycles. The molecule has 0 saturated carbocycles. The van der Waals surface area contributed by atoms with Crippen molar-refractivity contribution in [2.24, 2.45) is 0 Å². The summed E-state index contributed by atoms with van der Waals surface area (Å²) in [5.74, 6) is 1.10. The number of aliphatic hydroxyl groups is 1. The fourth-order valence-corrected chi connectivity index (χ4v) is 1.88. The summed E-state index contributed by atoms with van der Waals surface area (Å²) >= 11 is 0. The van der Waals surface area contributed by atoms with Gasteiger partial charge in [-0.2, -0.15) is 5.10 Å². The van der Waals surface area contributed by atoms with Crippen LogP contribution in [0.15, 0.2) is 30.3 Å². The van der Waals surface area contributed by atoms with E-state index in [0.29, 0.717) is 18.3 Å². The Morgan fingerprint density at radius 2 is 1.94 bits per heavy atom. The van der Waals surface area contributed by atoms with Gasteiger partial charge in [-0.1, -0.05) is 38.1 Å². The molecule has 0 atom stereocenters. The molecule has 0 unspecified atom stereocenters. The van der Waals surface area contributed by atoms with Gasteiger partial charge < -0.3 is 10.8 Å². The summed E-state index contributed by atoms with van der Waals surface area (Å²) in [6.45, 7) is 4.81. The molecule has 0 bridgehead atoms. The summed E-state index contributed by atoms with van der Waals surface area (Å²) in [6, 6.07) is 10.2. The van der Waals surface area contributed by atoms with Crippen LogP contribution in [-0.4, -0.2) is 21.5 Å². The third kappa shape index (κ3) is 2.54. The highest BCUT2D eigenvalue weighted by Gasteiger charge is 2.07. The summed E-state index contributed by atoms with van der Waals surface area (Å²) in [5, 5.41) is 13.3. The highest BCUT2D eigenvalue weighted by molar-refractivity contribution is 5.62. The smallest absolute Gasteiger partial charge is 0.122 e. The molecular weight excluding hydrogens is 226 g/mol. The number of benzene rings is 1. The zero-order chi connectivity index (χ0) is 13.1. The molecule has 2 rings (SSSR count). The normalized spacial score (nSPS) is 11.1. The van der Waals surface area contributed by atoms with Crippen LogP contribution in [0.2, 0.25) is 0 Å². The molecule has 4 nitrogen and oxygen atoms in total. The van der Waals surface area contributed by atoms with Crippen molar-refractivity contribution < 1.29 is 5.11 Å². The summed E-state index contributed by atoms with van der Waals surface area (Å²) in [7, 11) is 0. The molecule has 0 aliphatic heterocycles. The van der Waals surface area contributed by atoms with Crippen LogP contribution in [0.4, 0.5) is 5.82 Å². The Kier molecular flexibility index (Phi) is 3.67. The van der Waals surface area contributed by atoms with E-state index in [1.807, 2.05) is 6.07 Å². The number of hydrogen-bond acceptors (Lipinski definition) is 3. The first-order valence-corrected chi connectivity index (χ1v) is 6.16. The number of anilines is 1. The van der Waals surface area contributed by atoms with Gasteiger partial charge in [0.05, 0.1) is 18.8 Å². The third-order valence-electron chi connectivity index (χ3n) is 3.00. The first kappa shape index (κ1) is 12.6. The van der Waals surface area contributed by atoms with Gasteiger partial charge in [0.25, 0.3) is 0 Å². The molecule has 4 heteroatoms. The summed E-state index contributed by atoms with van der Waals surface area (Å²) < 4.78 is 1.62. The Bertz CT molecular complexity index is 514. The van der Waals surface area contributed by atoms with E-state index < -0.39 is 0 Å². The predicted molar refractivity (Wildman–Crippen MR) is 73.3 cm³/mol. The standard InChI is InChI=1S/C14H19N3O/c1-10(2)11-3-5-12(6-4-11)13-9-14(15)17(16-13)7-8-18/h3-6,9-10,18H,7-8,15H2,1-2H3. The average Bonchev–Trinajstić information content (AvgIpc) is 2.72. The van der Waals surface area contributed by atoms with Gasteiger partial charge >= 0.3 is 0 Å². The summed E-state index contributed by atoms with van der Waals surface area (Å²) in [5.41, 5.74) is 9.03. The van der Waals surface area contributed by atoms with Gasteiger partial charge in [-0.15, -0.1) is 0 Å². The molecule has 0 fully saturated rings. The Morgan fingerprint density at radius 3 is 2.50 bits per heavy atom. The summed E-state index contributed by atoms with van der Waals surface area (Å²) in [4.78, 5) is 0. The molecule has 96 valence electrons. The van der Waals surface area contributed by atoms with Crippen LogP contribution in [0, 0.1) is 0 Å². The van der Waals surface area contributed by atoms with Crippen molar-refractivity contribution in [2.75, 3.05) is 12.3 Å². The van der Waals surface area contributed by atoms with Gasteiger partial charge in [0.1, 0.15) is 5.82 Å². The van der Waals surface area contributed by atoms with Gasteiger partial charge in [-0.3, -0.25) is 0 Å². The van der Waals surface area contributed by atoms with E-state index in [2.05, 4.69) is 43.2 Å². The second kappa shape index (κ2) is 5.23. The second-order valence-corrected chi connectivity index (χ2v) is 4.68. The molecule has 0 spiro atoms. The van der Waals surface area contributed by atoms with E-state index in [-0.39, 0.29) is 6.61 Å². The van der Waals surface area contributed by atoms with Gasteiger partial charge in [-0.25, -0.2) is 4.68 Å². The molecule has 1 heterocycles. The zero-order valence-corrected chi connectivity index (χ0v) is 10.8. The van der Waals surface area contributed by atoms with Crippen molar-refractivity contribution in [3.05, 3.63) is 35.9 Å². The molecule has 3 N–H and O–H groups in total. The first-order chi connectivity index (χ1) is 8.61. The molecule has 18 heavy (non-hydrogen) atoms. The molecule has 1 aromatic heterocycles. The van der Waals surface area contributed by atoms with Crippen LogP contribution in [0.25, 0.3) is 11.3 Å². The molecule has 2 aromatic rings. The lowest BCUT2D eigenvalue weighted by Crippen LogP contribution is -2.07. The topological polar surface area (TPSA) is 64.1 Å². The van der Waals surface area contributed by atoms with Crippen molar-refractivity contribution in [3.8, 4) is 11.3 Å². The van der Waals surface area contributed by atoms with Crippen LogP contribution in [0.5, 0.6) is 0 Å². The summed E-state index contributed by atoms with van der Waals surface area (Å²) in [6.07, 6.45) is 0. The number of nitrogens with two attached hydrogens (primary N) is 1. The first-order valence-electron chi connectivity index (χ1n) is 6.16. The van der Waals surface area contributed by atoms with E-state index in [1.54, 1.807) is 4.68 Å². The number of nitrogens with zero attached hydrogens (tertiary/aromatic N) is 2. The van der Waals surface area contributed by atoms with Crippen molar-refractivity contribution in [2.45, 2.75) is 26.3 Å². The van der Waals surface area contributed by atoms with Gasteiger partial charge in [0.2, 0.25) is 0 Å². The van der Waals surface area contributed by atoms with Gasteiger partial charge in [0.15, 0.2) is 0 Å². The lowest BCUT2D eigenvalue weighted by molar-refractivity contribution is 0.270. The second-order valence-electron chi connectivity index (χ2n) is 4.68. The zero-order valence-electron chi connectivity index (χ0n) is 10.8. The van der Waals surface area contributed by atoms with Crippen molar-refractivity contribution >= 4 is 5.82 Å². The fraction of sp³-hybridized carbons (Fsp3) is 0.357. The monoisotopic (exact) mass is 245 g/mol. The third-order valence-corrected chi connectivity index (χ3v) is 3.00. The van der Waals surface area contributed by atoms with E-state index in [4.69, 9.17) is 10.8 Å². The van der Waals surface area contributed by atoms with Gasteiger partial charge in [-0.05, 0) is 11.5 Å². The predicted octanol–water partition coefficient (Wildman–Crippen LogP) is 2.25. The van der Waals surface area contributed by atoms with Crippen LogP contribution in [0.3, 0.4) is 0 Å². The highest BCUT2D eigenvalue weighted by Crippen LogP contribution is 2.23. The maximum atomic E-state index is 8.91. The van der Waals surface area contributed by atoms with Crippen molar-refractivity contribution in [1.29, 1.82) is 0 Å². The Hall–Kier alpha value is -1.81. The van der Waals surface area contributed by atoms with E-state index in [0.717, 1.165) is 11.3 Å². The van der Waals surface area contributed by atoms with Crippen LogP contribution in [0.1, 0.15) is 25.3 Å². The minimum Gasteiger partial charge on any atom is -0.394 e. The number of hydrogen-bond donors (Lipinski definition) is 2. The highest BCUT2D eigenvalue weighted by atomic mass is 16.3. The Labute approximate surface area is 107 Å². The van der Waals surface area contributed by atoms with E-state index in [9.17, 15) is 0 Å². The SMILES string of the molecule is CC(C)c1ccc(-c2cc(N)n(CCO)n2)cc1. The number of aromatic nitrogens is 2. The average molecular weight is 245 g/mol. The van der Waals surface area contributed by atoms with Crippen molar-refractivity contribution in [3.63, 3.8) is 0 Å². The van der Waals surface area contributed by atoms with Crippen LogP contribution < -0.4 is 5.73 Å². The molecule has 0 amide bonds. The lowest BCUT2D eigenvalue weighted by Gasteiger charge is -2.05. The number of nitrogen functional groups attached to an aromatic ring is 1. The quantitative estimate of drug-likeness (QED) is 0.868. The fourth-order valence-electron chi connectivity index (χ4n) is 1.88. The van der Waals surface area contributed by atoms with Crippen LogP contribution >= 0.6 is 0 Å². The minimum atomic E-state index is 0.0393. The van der Waals surface area contributed by atoms with Crippen molar-refractivity contribution in [1.82, 2.24) is 9.78 Å². The maximum Gasteiger partial charge on any atom is 0.122 e. The van der Waals surface area contributed by atoms with Gasteiger partial charge in [0, 0.05) is 11.6 Å². The Morgan fingerprint density at radius 1 is 1.28 bits per heavy atom. The van der Waals surface area contributed by atoms with E-state index >= 15 is 0 Å². The number of rotatable bonds is 4. The molecule has 0 aliphatic rings. The molecule has 0 aliphatic carbocycles. The molecule has 0 radical (unpaired) electrons.